The molecule has 20 heavy (non-hydrogen) atoms. The molecule has 0 radical (unpaired) electrons. The van der Waals surface area contributed by atoms with Crippen LogP contribution < -0.4 is 16.1 Å². The Kier molecular flexibility index (Phi) is 3.95. The van der Waals surface area contributed by atoms with E-state index in [1.165, 1.54) is 11.6 Å². The first-order valence-electron chi connectivity index (χ1n) is 6.48. The lowest BCUT2D eigenvalue weighted by molar-refractivity contribution is 0.585. The zero-order valence-corrected chi connectivity index (χ0v) is 12.9. The fourth-order valence-electron chi connectivity index (χ4n) is 2.50. The molecule has 7 heteroatoms. The maximum absolute atomic E-state index is 12.1. The molecule has 0 unspecified atom stereocenters. The minimum atomic E-state index is -0.524. The van der Waals surface area contributed by atoms with E-state index in [0.717, 1.165) is 16.9 Å². The zero-order valence-electron chi connectivity index (χ0n) is 12.1. The lowest BCUT2D eigenvalue weighted by atomic mass is 10.1. The molecule has 1 aliphatic heterocycles. The van der Waals surface area contributed by atoms with Crippen molar-refractivity contribution in [2.24, 2.45) is 14.1 Å². The molecule has 0 N–H and O–H groups in total. The van der Waals surface area contributed by atoms with Gasteiger partial charge in [-0.1, -0.05) is 6.92 Å². The van der Waals surface area contributed by atoms with Crippen molar-refractivity contribution in [1.29, 1.82) is 5.26 Å². The van der Waals surface area contributed by atoms with Crippen molar-refractivity contribution in [2.75, 3.05) is 17.2 Å². The van der Waals surface area contributed by atoms with Crippen LogP contribution in [0.1, 0.15) is 19.4 Å². The third kappa shape index (κ3) is 2.14. The lowest BCUT2D eigenvalue weighted by Crippen LogP contribution is -2.50. The van der Waals surface area contributed by atoms with Crippen LogP contribution >= 0.6 is 11.8 Å². The third-order valence-corrected chi connectivity index (χ3v) is 5.24. The minimum Gasteiger partial charge on any atom is -0.352 e. The number of nitriles is 1. The number of rotatable bonds is 1. The van der Waals surface area contributed by atoms with Crippen LogP contribution in [0.25, 0.3) is 0 Å². The summed E-state index contributed by atoms with van der Waals surface area (Å²) in [6.07, 6.45) is 0. The average Bonchev–Trinajstić information content (AvgIpc) is 2.44. The van der Waals surface area contributed by atoms with Crippen molar-refractivity contribution in [1.82, 2.24) is 9.13 Å². The van der Waals surface area contributed by atoms with Crippen molar-refractivity contribution in [3.05, 3.63) is 26.4 Å². The Morgan fingerprint density at radius 3 is 2.50 bits per heavy atom. The lowest BCUT2D eigenvalue weighted by Gasteiger charge is -2.39. The van der Waals surface area contributed by atoms with Gasteiger partial charge >= 0.3 is 5.69 Å². The molecular formula is C13H18N4O2S. The summed E-state index contributed by atoms with van der Waals surface area (Å²) < 4.78 is 2.38. The molecule has 1 aromatic heterocycles. The number of aromatic nitrogens is 2. The molecular weight excluding hydrogens is 276 g/mol. The summed E-state index contributed by atoms with van der Waals surface area (Å²) in [7, 11) is 3.00. The highest BCUT2D eigenvalue weighted by atomic mass is 32.2. The molecule has 2 rings (SSSR count). The van der Waals surface area contributed by atoms with Crippen LogP contribution in [0.3, 0.4) is 0 Å². The van der Waals surface area contributed by atoms with Gasteiger partial charge in [-0.3, -0.25) is 13.9 Å². The molecule has 0 aromatic carbocycles. The van der Waals surface area contributed by atoms with Crippen molar-refractivity contribution in [3.63, 3.8) is 0 Å². The maximum Gasteiger partial charge on any atom is 0.332 e. The molecule has 0 saturated carbocycles. The largest absolute Gasteiger partial charge is 0.352 e. The van der Waals surface area contributed by atoms with Gasteiger partial charge in [0.15, 0.2) is 5.56 Å². The van der Waals surface area contributed by atoms with Gasteiger partial charge in [0.1, 0.15) is 11.9 Å². The highest BCUT2D eigenvalue weighted by Gasteiger charge is 2.30. The number of thioether (sulfide) groups is 1. The standard InChI is InChI=1S/C13H18N4O2S/c1-8-9(2)20-6-5-17(8)11-10(7-14)12(18)16(4)13(19)15(11)3/h8-9H,5-6H2,1-4H3/t8-,9-/m1/s1. The first-order valence-corrected chi connectivity index (χ1v) is 7.53. The van der Waals surface area contributed by atoms with Gasteiger partial charge in [0.25, 0.3) is 5.56 Å². The van der Waals surface area contributed by atoms with Gasteiger partial charge in [-0.2, -0.15) is 17.0 Å². The molecule has 2 atom stereocenters. The molecule has 0 bridgehead atoms. The van der Waals surface area contributed by atoms with Gasteiger partial charge < -0.3 is 4.90 Å². The molecule has 0 aliphatic carbocycles. The topological polar surface area (TPSA) is 71.0 Å². The molecule has 1 aromatic rings. The molecule has 1 fully saturated rings. The minimum absolute atomic E-state index is 0.0422. The monoisotopic (exact) mass is 294 g/mol. The second kappa shape index (κ2) is 5.37. The van der Waals surface area contributed by atoms with E-state index in [4.69, 9.17) is 0 Å². The average molecular weight is 294 g/mol. The summed E-state index contributed by atoms with van der Waals surface area (Å²) in [5.41, 5.74) is -0.883. The Labute approximate surface area is 121 Å². The molecule has 108 valence electrons. The van der Waals surface area contributed by atoms with Crippen LogP contribution in [-0.2, 0) is 14.1 Å². The zero-order chi connectivity index (χ0) is 15.0. The fourth-order valence-corrected chi connectivity index (χ4v) is 3.60. The summed E-state index contributed by atoms with van der Waals surface area (Å²) in [6, 6.07) is 2.13. The predicted molar refractivity (Wildman–Crippen MR) is 80.4 cm³/mol. The number of anilines is 1. The van der Waals surface area contributed by atoms with E-state index in [1.807, 2.05) is 22.7 Å². The van der Waals surface area contributed by atoms with Crippen molar-refractivity contribution in [2.45, 2.75) is 25.1 Å². The van der Waals surface area contributed by atoms with Crippen LogP contribution in [0, 0.1) is 11.3 Å². The van der Waals surface area contributed by atoms with E-state index in [0.29, 0.717) is 11.1 Å². The molecule has 0 spiro atoms. The van der Waals surface area contributed by atoms with E-state index >= 15 is 0 Å². The Balaban J connectivity index is 2.71. The van der Waals surface area contributed by atoms with Crippen LogP contribution in [0.4, 0.5) is 5.82 Å². The quantitative estimate of drug-likeness (QED) is 0.744. The number of nitrogens with zero attached hydrogens (tertiary/aromatic N) is 4. The highest BCUT2D eigenvalue weighted by Crippen LogP contribution is 2.29. The molecule has 0 amide bonds. The third-order valence-electron chi connectivity index (χ3n) is 3.90. The van der Waals surface area contributed by atoms with Gasteiger partial charge in [-0.15, -0.1) is 0 Å². The Hall–Kier alpha value is -1.68. The SMILES string of the molecule is C[C@@H]1[C@@H](C)SCCN1c1c(C#N)c(=O)n(C)c(=O)n1C. The summed E-state index contributed by atoms with van der Waals surface area (Å²) in [5.74, 6) is 1.36. The fraction of sp³-hybridized carbons (Fsp3) is 0.615. The van der Waals surface area contributed by atoms with Crippen molar-refractivity contribution in [3.8, 4) is 6.07 Å². The first kappa shape index (κ1) is 14.7. The maximum atomic E-state index is 12.1. The van der Waals surface area contributed by atoms with Gasteiger partial charge in [0, 0.05) is 37.7 Å². The first-order chi connectivity index (χ1) is 9.40. The van der Waals surface area contributed by atoms with Crippen LogP contribution in [-0.4, -0.2) is 32.7 Å². The van der Waals surface area contributed by atoms with Gasteiger partial charge in [-0.25, -0.2) is 4.79 Å². The second-order valence-corrected chi connectivity index (χ2v) is 6.51. The molecule has 1 saturated heterocycles. The van der Waals surface area contributed by atoms with Crippen LogP contribution in [0.15, 0.2) is 9.59 Å². The number of hydrogen-bond acceptors (Lipinski definition) is 5. The van der Waals surface area contributed by atoms with E-state index in [-0.39, 0.29) is 11.6 Å². The van der Waals surface area contributed by atoms with E-state index in [9.17, 15) is 14.9 Å². The van der Waals surface area contributed by atoms with E-state index < -0.39 is 11.2 Å². The smallest absolute Gasteiger partial charge is 0.332 e. The van der Waals surface area contributed by atoms with E-state index in [1.54, 1.807) is 7.05 Å². The Morgan fingerprint density at radius 2 is 1.90 bits per heavy atom. The summed E-state index contributed by atoms with van der Waals surface area (Å²) in [6.45, 7) is 4.90. The van der Waals surface area contributed by atoms with Crippen LogP contribution in [0.2, 0.25) is 0 Å². The van der Waals surface area contributed by atoms with Crippen molar-refractivity contribution < 1.29 is 0 Å². The van der Waals surface area contributed by atoms with Gasteiger partial charge in [-0.05, 0) is 6.92 Å². The normalized spacial score (nSPS) is 22.6. The number of hydrogen-bond donors (Lipinski definition) is 0. The summed E-state index contributed by atoms with van der Waals surface area (Å²) in [4.78, 5) is 26.2. The summed E-state index contributed by atoms with van der Waals surface area (Å²) >= 11 is 1.86. The Bertz CT molecular complexity index is 685. The molecule has 2 heterocycles. The Morgan fingerprint density at radius 1 is 1.25 bits per heavy atom. The van der Waals surface area contributed by atoms with Crippen LogP contribution in [0.5, 0.6) is 0 Å². The van der Waals surface area contributed by atoms with Gasteiger partial charge in [0.05, 0.1) is 0 Å². The highest BCUT2D eigenvalue weighted by molar-refractivity contribution is 8.00. The van der Waals surface area contributed by atoms with Crippen molar-refractivity contribution >= 4 is 17.6 Å². The predicted octanol–water partition coefficient (Wildman–Crippen LogP) is 0.286. The molecule has 6 nitrogen and oxygen atoms in total. The van der Waals surface area contributed by atoms with Gasteiger partial charge in [0.2, 0.25) is 0 Å². The van der Waals surface area contributed by atoms with E-state index in [2.05, 4.69) is 13.8 Å². The second-order valence-electron chi connectivity index (χ2n) is 5.03. The summed E-state index contributed by atoms with van der Waals surface area (Å²) in [5, 5.41) is 9.70. The molecule has 1 aliphatic rings.